The van der Waals surface area contributed by atoms with E-state index in [4.69, 9.17) is 4.74 Å². The lowest BCUT2D eigenvalue weighted by Crippen LogP contribution is -2.19. The highest BCUT2D eigenvalue weighted by Crippen LogP contribution is 2.33. The second kappa shape index (κ2) is 4.16. The van der Waals surface area contributed by atoms with Crippen molar-refractivity contribution in [1.29, 1.82) is 0 Å². The molecule has 3 rings (SSSR count). The van der Waals surface area contributed by atoms with Gasteiger partial charge in [-0.2, -0.15) is 0 Å². The summed E-state index contributed by atoms with van der Waals surface area (Å²) in [7, 11) is 1.69. The number of hydrogen-bond donors (Lipinski definition) is 1. The molecule has 0 aliphatic heterocycles. The summed E-state index contributed by atoms with van der Waals surface area (Å²) < 4.78 is 5.49. The largest absolute Gasteiger partial charge is 0.496 e. The van der Waals surface area contributed by atoms with Crippen LogP contribution in [0, 0.1) is 6.92 Å². The predicted molar refractivity (Wildman–Crippen MR) is 72.5 cm³/mol. The number of H-pyrrole nitrogens is 1. The Balaban J connectivity index is 2.45. The molecule has 1 N–H and O–H groups in total. The van der Waals surface area contributed by atoms with E-state index in [1.54, 1.807) is 7.11 Å². The van der Waals surface area contributed by atoms with Gasteiger partial charge >= 0.3 is 0 Å². The number of methoxy groups -OCH3 is 1. The Morgan fingerprint density at radius 3 is 2.61 bits per heavy atom. The third-order valence-corrected chi connectivity index (χ3v) is 3.76. The second-order valence-corrected chi connectivity index (χ2v) is 5.01. The van der Waals surface area contributed by atoms with E-state index in [0.29, 0.717) is 0 Å². The lowest BCUT2D eigenvalue weighted by atomic mass is 9.89. The van der Waals surface area contributed by atoms with Crippen molar-refractivity contribution < 1.29 is 4.74 Å². The number of hydrogen-bond acceptors (Lipinski definition) is 2. The van der Waals surface area contributed by atoms with Gasteiger partial charge in [-0.1, -0.05) is 0 Å². The second-order valence-electron chi connectivity index (χ2n) is 5.01. The molecule has 0 atom stereocenters. The molecule has 0 spiro atoms. The van der Waals surface area contributed by atoms with Crippen molar-refractivity contribution in [2.45, 2.75) is 32.6 Å². The van der Waals surface area contributed by atoms with E-state index in [-0.39, 0.29) is 5.56 Å². The quantitative estimate of drug-likeness (QED) is 0.836. The van der Waals surface area contributed by atoms with Gasteiger partial charge in [0, 0.05) is 10.9 Å². The van der Waals surface area contributed by atoms with E-state index in [2.05, 4.69) is 4.98 Å². The molecule has 0 saturated heterocycles. The molecule has 18 heavy (non-hydrogen) atoms. The first-order chi connectivity index (χ1) is 8.70. The van der Waals surface area contributed by atoms with Crippen LogP contribution in [0.3, 0.4) is 0 Å². The van der Waals surface area contributed by atoms with Gasteiger partial charge in [0.2, 0.25) is 0 Å². The van der Waals surface area contributed by atoms with Crippen molar-refractivity contribution in [3.05, 3.63) is 39.2 Å². The van der Waals surface area contributed by atoms with E-state index in [1.807, 2.05) is 19.1 Å². The summed E-state index contributed by atoms with van der Waals surface area (Å²) in [6.07, 6.45) is 4.13. The van der Waals surface area contributed by atoms with Crippen LogP contribution in [0.1, 0.15) is 29.5 Å². The predicted octanol–water partition coefficient (Wildman–Crippen LogP) is 2.72. The van der Waals surface area contributed by atoms with Crippen molar-refractivity contribution in [2.75, 3.05) is 7.11 Å². The number of ether oxygens (including phenoxy) is 1. The molecule has 3 heteroatoms. The van der Waals surface area contributed by atoms with Gasteiger partial charge in [-0.25, -0.2) is 0 Å². The molecule has 0 bridgehead atoms. The summed E-state index contributed by atoms with van der Waals surface area (Å²) in [4.78, 5) is 15.1. The third-order valence-electron chi connectivity index (χ3n) is 3.76. The fourth-order valence-electron chi connectivity index (χ4n) is 2.95. The van der Waals surface area contributed by atoms with E-state index >= 15 is 0 Å². The van der Waals surface area contributed by atoms with Crippen molar-refractivity contribution >= 4 is 10.9 Å². The Labute approximate surface area is 106 Å². The van der Waals surface area contributed by atoms with Gasteiger partial charge in [0.1, 0.15) is 5.75 Å². The van der Waals surface area contributed by atoms with Gasteiger partial charge in [-0.3, -0.25) is 4.79 Å². The van der Waals surface area contributed by atoms with Crippen LogP contribution in [-0.2, 0) is 12.8 Å². The minimum absolute atomic E-state index is 0.0739. The van der Waals surface area contributed by atoms with Crippen LogP contribution in [0.2, 0.25) is 0 Å². The average Bonchev–Trinajstić information content (AvgIpc) is 2.37. The fraction of sp³-hybridized carbons (Fsp3) is 0.400. The fourth-order valence-corrected chi connectivity index (χ4v) is 2.95. The molecule has 0 radical (unpaired) electrons. The highest BCUT2D eigenvalue weighted by molar-refractivity contribution is 5.90. The number of benzene rings is 1. The monoisotopic (exact) mass is 243 g/mol. The maximum absolute atomic E-state index is 12.1. The van der Waals surface area contributed by atoms with Crippen molar-refractivity contribution in [2.24, 2.45) is 0 Å². The number of aromatic nitrogens is 1. The first-order valence-electron chi connectivity index (χ1n) is 6.43. The van der Waals surface area contributed by atoms with Crippen LogP contribution in [0.4, 0.5) is 0 Å². The van der Waals surface area contributed by atoms with Crippen LogP contribution >= 0.6 is 0 Å². The standard InChI is InChI=1S/C15H17NO2/c1-9-7-12-14(13(8-9)18-2)10-5-3-4-6-11(10)15(17)16-12/h7-8H,3-6H2,1-2H3,(H,16,17). The number of aromatic amines is 1. The molecule has 1 aromatic carbocycles. The zero-order valence-electron chi connectivity index (χ0n) is 10.8. The summed E-state index contributed by atoms with van der Waals surface area (Å²) in [5.74, 6) is 0.874. The van der Waals surface area contributed by atoms with Gasteiger partial charge in [0.15, 0.2) is 0 Å². The lowest BCUT2D eigenvalue weighted by Gasteiger charge is -2.19. The minimum atomic E-state index is 0.0739. The minimum Gasteiger partial charge on any atom is -0.496 e. The van der Waals surface area contributed by atoms with E-state index in [1.165, 1.54) is 5.56 Å². The van der Waals surface area contributed by atoms with Gasteiger partial charge in [-0.15, -0.1) is 0 Å². The Kier molecular flexibility index (Phi) is 2.62. The molecule has 0 unspecified atom stereocenters. The molecular weight excluding hydrogens is 226 g/mol. The van der Waals surface area contributed by atoms with Crippen LogP contribution < -0.4 is 10.3 Å². The average molecular weight is 243 g/mol. The number of fused-ring (bicyclic) bond motifs is 3. The SMILES string of the molecule is COc1cc(C)cc2[nH]c(=O)c3c(c12)CCCC3. The molecule has 0 amide bonds. The molecule has 0 saturated carbocycles. The Hall–Kier alpha value is -1.77. The van der Waals surface area contributed by atoms with Gasteiger partial charge in [0.25, 0.3) is 5.56 Å². The van der Waals surface area contributed by atoms with Crippen LogP contribution in [0.25, 0.3) is 10.9 Å². The highest BCUT2D eigenvalue weighted by Gasteiger charge is 2.18. The molecule has 1 aliphatic carbocycles. The van der Waals surface area contributed by atoms with Gasteiger partial charge < -0.3 is 9.72 Å². The maximum Gasteiger partial charge on any atom is 0.251 e. The first kappa shape index (κ1) is 11.3. The van der Waals surface area contributed by atoms with Crippen molar-refractivity contribution in [1.82, 2.24) is 4.98 Å². The lowest BCUT2D eigenvalue weighted by molar-refractivity contribution is 0.419. The number of nitrogens with one attached hydrogen (secondary N) is 1. The molecule has 1 heterocycles. The van der Waals surface area contributed by atoms with Gasteiger partial charge in [-0.05, 0) is 55.9 Å². The highest BCUT2D eigenvalue weighted by atomic mass is 16.5. The summed E-state index contributed by atoms with van der Waals surface area (Å²) in [6.45, 7) is 2.01. The molecule has 1 aromatic heterocycles. The topological polar surface area (TPSA) is 42.1 Å². The van der Waals surface area contributed by atoms with E-state index in [0.717, 1.165) is 53.5 Å². The number of rotatable bonds is 1. The zero-order chi connectivity index (χ0) is 12.7. The Morgan fingerprint density at radius 1 is 1.17 bits per heavy atom. The molecule has 2 aromatic rings. The van der Waals surface area contributed by atoms with Crippen LogP contribution in [-0.4, -0.2) is 12.1 Å². The van der Waals surface area contributed by atoms with Gasteiger partial charge in [0.05, 0.1) is 12.6 Å². The van der Waals surface area contributed by atoms with E-state index in [9.17, 15) is 4.79 Å². The zero-order valence-corrected chi connectivity index (χ0v) is 10.8. The number of aryl methyl sites for hydroxylation is 2. The molecule has 1 aliphatic rings. The first-order valence-corrected chi connectivity index (χ1v) is 6.43. The van der Waals surface area contributed by atoms with Crippen molar-refractivity contribution in [3.63, 3.8) is 0 Å². The van der Waals surface area contributed by atoms with E-state index < -0.39 is 0 Å². The Bertz CT molecular complexity index is 670. The third kappa shape index (κ3) is 1.62. The normalized spacial score (nSPS) is 14.6. The molecule has 94 valence electrons. The summed E-state index contributed by atoms with van der Waals surface area (Å²) in [5, 5.41) is 1.09. The van der Waals surface area contributed by atoms with Crippen LogP contribution in [0.5, 0.6) is 5.75 Å². The number of pyridine rings is 1. The van der Waals surface area contributed by atoms with Crippen molar-refractivity contribution in [3.8, 4) is 5.75 Å². The molecule has 0 fully saturated rings. The Morgan fingerprint density at radius 2 is 1.89 bits per heavy atom. The smallest absolute Gasteiger partial charge is 0.251 e. The summed E-state index contributed by atoms with van der Waals surface area (Å²) in [6, 6.07) is 4.06. The summed E-state index contributed by atoms with van der Waals surface area (Å²) in [5.41, 5.74) is 4.22. The summed E-state index contributed by atoms with van der Waals surface area (Å²) >= 11 is 0. The van der Waals surface area contributed by atoms with Crippen LogP contribution in [0.15, 0.2) is 16.9 Å². The maximum atomic E-state index is 12.1. The molecular formula is C15H17NO2. The molecule has 3 nitrogen and oxygen atoms in total.